The zero-order chi connectivity index (χ0) is 12.0. The van der Waals surface area contributed by atoms with Crippen molar-refractivity contribution in [3.8, 4) is 0 Å². The van der Waals surface area contributed by atoms with Gasteiger partial charge < -0.3 is 5.32 Å². The minimum absolute atomic E-state index is 0.429. The molecule has 0 saturated carbocycles. The quantitative estimate of drug-likeness (QED) is 0.654. The van der Waals surface area contributed by atoms with Crippen LogP contribution in [0.5, 0.6) is 0 Å². The van der Waals surface area contributed by atoms with Crippen molar-refractivity contribution >= 4 is 10.2 Å². The van der Waals surface area contributed by atoms with Gasteiger partial charge in [-0.3, -0.25) is 0 Å². The van der Waals surface area contributed by atoms with E-state index in [9.17, 15) is 8.42 Å². The molecule has 0 atom stereocenters. The smallest absolute Gasteiger partial charge is 0.279 e. The Morgan fingerprint density at radius 3 is 2.88 bits per heavy atom. The fourth-order valence-corrected chi connectivity index (χ4v) is 2.57. The maximum Gasteiger partial charge on any atom is 0.279 e. The first kappa shape index (κ1) is 13.6. The molecule has 0 saturated heterocycles. The lowest BCUT2D eigenvalue weighted by molar-refractivity contribution is 0.458. The molecule has 1 aliphatic heterocycles. The molecule has 0 bridgehead atoms. The van der Waals surface area contributed by atoms with Crippen molar-refractivity contribution in [2.24, 2.45) is 0 Å². The van der Waals surface area contributed by atoms with E-state index >= 15 is 0 Å². The summed E-state index contributed by atoms with van der Waals surface area (Å²) in [5.41, 5.74) is 1.16. The van der Waals surface area contributed by atoms with Crippen molar-refractivity contribution in [2.45, 2.75) is 19.8 Å². The molecule has 0 aliphatic carbocycles. The number of nitrogens with zero attached hydrogens (tertiary/aromatic N) is 1. The van der Waals surface area contributed by atoms with Gasteiger partial charge in [0.2, 0.25) is 0 Å². The summed E-state index contributed by atoms with van der Waals surface area (Å²) < 4.78 is 27.4. The molecule has 5 nitrogen and oxygen atoms in total. The van der Waals surface area contributed by atoms with Gasteiger partial charge in [0.05, 0.1) is 0 Å². The van der Waals surface area contributed by atoms with Crippen LogP contribution in [0.15, 0.2) is 11.6 Å². The Kier molecular flexibility index (Phi) is 5.40. The zero-order valence-electron chi connectivity index (χ0n) is 9.99. The van der Waals surface area contributed by atoms with E-state index in [1.54, 1.807) is 7.05 Å². The van der Waals surface area contributed by atoms with Gasteiger partial charge in [0.25, 0.3) is 10.2 Å². The molecule has 94 valence electrons. The first-order chi connectivity index (χ1) is 7.56. The Morgan fingerprint density at radius 2 is 2.31 bits per heavy atom. The van der Waals surface area contributed by atoms with E-state index < -0.39 is 10.2 Å². The van der Waals surface area contributed by atoms with Gasteiger partial charge in [0.1, 0.15) is 0 Å². The molecule has 0 aromatic heterocycles. The van der Waals surface area contributed by atoms with Crippen molar-refractivity contribution < 1.29 is 8.42 Å². The molecule has 2 N–H and O–H groups in total. The second-order valence-corrected chi connectivity index (χ2v) is 5.83. The SMILES string of the molecule is CCCN(C)S(=O)(=O)NCC1=CCNCC1. The number of nitrogens with one attached hydrogen (secondary N) is 2. The Labute approximate surface area is 98.1 Å². The molecule has 0 radical (unpaired) electrons. The van der Waals surface area contributed by atoms with E-state index in [4.69, 9.17) is 0 Å². The first-order valence-electron chi connectivity index (χ1n) is 5.66. The van der Waals surface area contributed by atoms with E-state index in [-0.39, 0.29) is 0 Å². The van der Waals surface area contributed by atoms with Crippen molar-refractivity contribution in [1.82, 2.24) is 14.3 Å². The monoisotopic (exact) mass is 247 g/mol. The second kappa shape index (κ2) is 6.34. The maximum atomic E-state index is 11.7. The summed E-state index contributed by atoms with van der Waals surface area (Å²) in [4.78, 5) is 0. The molecule has 0 amide bonds. The Morgan fingerprint density at radius 1 is 1.56 bits per heavy atom. The predicted molar refractivity (Wildman–Crippen MR) is 65.4 cm³/mol. The average molecular weight is 247 g/mol. The molecule has 0 unspecified atom stereocenters. The van der Waals surface area contributed by atoms with E-state index in [0.29, 0.717) is 13.1 Å². The van der Waals surface area contributed by atoms with Crippen LogP contribution in [-0.2, 0) is 10.2 Å². The van der Waals surface area contributed by atoms with Crippen LogP contribution in [0.25, 0.3) is 0 Å². The van der Waals surface area contributed by atoms with Crippen molar-refractivity contribution in [1.29, 1.82) is 0 Å². The summed E-state index contributed by atoms with van der Waals surface area (Å²) in [7, 11) is -1.70. The van der Waals surface area contributed by atoms with Gasteiger partial charge in [-0.25, -0.2) is 0 Å². The Balaban J connectivity index is 2.44. The van der Waals surface area contributed by atoms with E-state index in [1.807, 2.05) is 13.0 Å². The van der Waals surface area contributed by atoms with Crippen molar-refractivity contribution in [3.05, 3.63) is 11.6 Å². The molecule has 1 heterocycles. The van der Waals surface area contributed by atoms with Gasteiger partial charge in [0, 0.05) is 26.7 Å². The van der Waals surface area contributed by atoms with Gasteiger partial charge in [0.15, 0.2) is 0 Å². The highest BCUT2D eigenvalue weighted by molar-refractivity contribution is 7.87. The van der Waals surface area contributed by atoms with Crippen LogP contribution in [0.3, 0.4) is 0 Å². The minimum Gasteiger partial charge on any atom is -0.313 e. The zero-order valence-corrected chi connectivity index (χ0v) is 10.8. The fraction of sp³-hybridized carbons (Fsp3) is 0.800. The van der Waals surface area contributed by atoms with Crippen LogP contribution in [0.1, 0.15) is 19.8 Å². The highest BCUT2D eigenvalue weighted by Crippen LogP contribution is 2.04. The molecule has 1 rings (SSSR count). The molecular formula is C10H21N3O2S. The molecule has 0 fully saturated rings. The summed E-state index contributed by atoms with van der Waals surface area (Å²) in [6.07, 6.45) is 3.79. The van der Waals surface area contributed by atoms with Crippen LogP contribution >= 0.6 is 0 Å². The van der Waals surface area contributed by atoms with Gasteiger partial charge in [-0.15, -0.1) is 0 Å². The average Bonchev–Trinajstić information content (AvgIpc) is 2.28. The molecule has 0 aromatic rings. The van der Waals surface area contributed by atoms with E-state index in [1.165, 1.54) is 4.31 Å². The van der Waals surface area contributed by atoms with Gasteiger partial charge in [-0.1, -0.05) is 18.6 Å². The van der Waals surface area contributed by atoms with Gasteiger partial charge in [-0.05, 0) is 19.4 Å². The minimum atomic E-state index is -3.30. The highest BCUT2D eigenvalue weighted by Gasteiger charge is 2.16. The summed E-state index contributed by atoms with van der Waals surface area (Å²) in [5, 5.41) is 3.19. The van der Waals surface area contributed by atoms with Crippen LogP contribution in [0, 0.1) is 0 Å². The third-order valence-corrected chi connectivity index (χ3v) is 4.10. The lowest BCUT2D eigenvalue weighted by atomic mass is 10.1. The van der Waals surface area contributed by atoms with Crippen LogP contribution in [0.4, 0.5) is 0 Å². The molecule has 1 aliphatic rings. The van der Waals surface area contributed by atoms with Gasteiger partial charge >= 0.3 is 0 Å². The number of rotatable bonds is 6. The largest absolute Gasteiger partial charge is 0.313 e. The normalized spacial score (nSPS) is 17.6. The van der Waals surface area contributed by atoms with Gasteiger partial charge in [-0.2, -0.15) is 17.4 Å². The Hall–Kier alpha value is -0.430. The third kappa shape index (κ3) is 4.21. The molecule has 6 heteroatoms. The van der Waals surface area contributed by atoms with E-state index in [0.717, 1.165) is 31.5 Å². The summed E-state index contributed by atoms with van der Waals surface area (Å²) in [6, 6.07) is 0. The summed E-state index contributed by atoms with van der Waals surface area (Å²) >= 11 is 0. The lowest BCUT2D eigenvalue weighted by Crippen LogP contribution is -2.40. The van der Waals surface area contributed by atoms with Crippen LogP contribution < -0.4 is 10.0 Å². The standard InChI is InChI=1S/C10H21N3O2S/c1-3-8-13(2)16(14,15)12-9-10-4-6-11-7-5-10/h4,11-12H,3,5-9H2,1-2H3. The second-order valence-electron chi connectivity index (χ2n) is 3.96. The predicted octanol–water partition coefficient (Wildman–Crippen LogP) is 0.0823. The van der Waals surface area contributed by atoms with Crippen LogP contribution in [-0.4, -0.2) is 45.9 Å². The number of hydrogen-bond acceptors (Lipinski definition) is 3. The highest BCUT2D eigenvalue weighted by atomic mass is 32.2. The summed E-state index contributed by atoms with van der Waals surface area (Å²) in [5.74, 6) is 0. The topological polar surface area (TPSA) is 61.4 Å². The first-order valence-corrected chi connectivity index (χ1v) is 7.10. The molecular weight excluding hydrogens is 226 g/mol. The summed E-state index contributed by atoms with van der Waals surface area (Å²) in [6.45, 7) is 4.70. The molecule has 16 heavy (non-hydrogen) atoms. The fourth-order valence-electron chi connectivity index (χ4n) is 1.56. The Bertz CT molecular complexity index is 338. The number of hydrogen-bond donors (Lipinski definition) is 2. The maximum absolute atomic E-state index is 11.7. The molecule has 0 spiro atoms. The van der Waals surface area contributed by atoms with Crippen molar-refractivity contribution in [2.75, 3.05) is 33.2 Å². The van der Waals surface area contributed by atoms with E-state index in [2.05, 4.69) is 10.0 Å². The lowest BCUT2D eigenvalue weighted by Gasteiger charge is -2.19. The molecule has 0 aromatic carbocycles. The third-order valence-electron chi connectivity index (χ3n) is 2.59. The van der Waals surface area contributed by atoms with Crippen LogP contribution in [0.2, 0.25) is 0 Å². The van der Waals surface area contributed by atoms with Crippen molar-refractivity contribution in [3.63, 3.8) is 0 Å².